The molecule has 3 atom stereocenters. The van der Waals surface area contributed by atoms with Crippen molar-refractivity contribution in [3.05, 3.63) is 95.1 Å². The highest BCUT2D eigenvalue weighted by molar-refractivity contribution is 6.08. The number of carbonyl (C=O) groups is 3. The summed E-state index contributed by atoms with van der Waals surface area (Å²) in [5.41, 5.74) is 2.69. The summed E-state index contributed by atoms with van der Waals surface area (Å²) < 4.78 is 16.0. The Morgan fingerprint density at radius 2 is 1.57 bits per heavy atom. The number of benzene rings is 3. The van der Waals surface area contributed by atoms with Crippen LogP contribution < -0.4 is 14.8 Å². The third-order valence-electron chi connectivity index (χ3n) is 7.86. The molecule has 1 aliphatic carbocycles. The van der Waals surface area contributed by atoms with Gasteiger partial charge in [-0.2, -0.15) is 0 Å². The molecule has 3 aromatic carbocycles. The van der Waals surface area contributed by atoms with Crippen LogP contribution >= 0.6 is 0 Å². The van der Waals surface area contributed by atoms with Gasteiger partial charge >= 0.3 is 12.0 Å². The average Bonchev–Trinajstić information content (AvgIpc) is 3.74. The number of hydrogen-bond acceptors (Lipinski definition) is 6. The number of methoxy groups -OCH3 is 2. The number of carbonyl (C=O) groups excluding carboxylic acids is 3. The SMILES string of the molecule is COc1ccc(COC(=O)[C@@H]2C[C@H]2[C@]2(CCc3cccc(C)c3)NC(=O)N(Cc3ccc(OC)cc3)C2=O)cc1. The molecule has 40 heavy (non-hydrogen) atoms. The van der Waals surface area contributed by atoms with Gasteiger partial charge in [0.25, 0.3) is 5.91 Å². The molecule has 1 N–H and O–H groups in total. The van der Waals surface area contributed by atoms with Crippen LogP contribution in [0.25, 0.3) is 0 Å². The Bertz CT molecular complexity index is 1390. The molecule has 3 aromatic rings. The Morgan fingerprint density at radius 3 is 2.20 bits per heavy atom. The number of rotatable bonds is 11. The molecule has 0 aromatic heterocycles. The van der Waals surface area contributed by atoms with E-state index in [1.807, 2.05) is 61.5 Å². The van der Waals surface area contributed by atoms with Crippen molar-refractivity contribution in [3.63, 3.8) is 0 Å². The molecular formula is C32H34N2O6. The largest absolute Gasteiger partial charge is 0.497 e. The van der Waals surface area contributed by atoms with Gasteiger partial charge < -0.3 is 19.5 Å². The normalized spacial score (nSPS) is 21.6. The highest BCUT2D eigenvalue weighted by Gasteiger charge is 2.65. The first-order valence-corrected chi connectivity index (χ1v) is 13.4. The van der Waals surface area contributed by atoms with Crippen molar-refractivity contribution in [1.29, 1.82) is 0 Å². The number of nitrogens with one attached hydrogen (secondary N) is 1. The van der Waals surface area contributed by atoms with Crippen molar-refractivity contribution in [2.45, 2.75) is 44.9 Å². The van der Waals surface area contributed by atoms with E-state index in [-0.39, 0.29) is 30.9 Å². The molecule has 1 saturated carbocycles. The van der Waals surface area contributed by atoms with Crippen molar-refractivity contribution in [2.75, 3.05) is 14.2 Å². The molecule has 8 heteroatoms. The molecule has 2 aliphatic rings. The number of esters is 1. The van der Waals surface area contributed by atoms with Crippen LogP contribution in [0.4, 0.5) is 4.79 Å². The first-order valence-electron chi connectivity index (χ1n) is 13.4. The summed E-state index contributed by atoms with van der Waals surface area (Å²) in [4.78, 5) is 41.5. The molecule has 3 amide bonds. The molecule has 1 aliphatic heterocycles. The summed E-state index contributed by atoms with van der Waals surface area (Å²) in [5, 5.41) is 3.02. The Labute approximate surface area is 234 Å². The van der Waals surface area contributed by atoms with E-state index in [2.05, 4.69) is 11.4 Å². The summed E-state index contributed by atoms with van der Waals surface area (Å²) in [5.74, 6) is -0.0215. The highest BCUT2D eigenvalue weighted by Crippen LogP contribution is 2.51. The molecule has 0 radical (unpaired) electrons. The van der Waals surface area contributed by atoms with Gasteiger partial charge in [0.15, 0.2) is 0 Å². The van der Waals surface area contributed by atoms with Gasteiger partial charge in [-0.1, -0.05) is 54.1 Å². The molecule has 0 bridgehead atoms. The van der Waals surface area contributed by atoms with Crippen molar-refractivity contribution >= 4 is 17.9 Å². The number of nitrogens with zero attached hydrogens (tertiary/aromatic N) is 1. The Morgan fingerprint density at radius 1 is 0.925 bits per heavy atom. The van der Waals surface area contributed by atoms with E-state index in [4.69, 9.17) is 14.2 Å². The van der Waals surface area contributed by atoms with Gasteiger partial charge in [0.05, 0.1) is 26.7 Å². The fourth-order valence-electron chi connectivity index (χ4n) is 5.50. The minimum Gasteiger partial charge on any atom is -0.497 e. The van der Waals surface area contributed by atoms with Crippen LogP contribution in [0, 0.1) is 18.8 Å². The Balaban J connectivity index is 1.32. The zero-order valence-corrected chi connectivity index (χ0v) is 23.0. The maximum absolute atomic E-state index is 14.0. The number of amides is 3. The summed E-state index contributed by atoms with van der Waals surface area (Å²) in [6.45, 7) is 2.29. The number of urea groups is 1. The van der Waals surface area contributed by atoms with Crippen molar-refractivity contribution in [1.82, 2.24) is 10.2 Å². The van der Waals surface area contributed by atoms with Gasteiger partial charge in [0, 0.05) is 5.92 Å². The summed E-state index contributed by atoms with van der Waals surface area (Å²) >= 11 is 0. The first-order chi connectivity index (χ1) is 19.3. The van der Waals surface area contributed by atoms with Gasteiger partial charge in [-0.3, -0.25) is 14.5 Å². The van der Waals surface area contributed by atoms with Crippen LogP contribution in [0.3, 0.4) is 0 Å². The number of aryl methyl sites for hydroxylation is 2. The third-order valence-corrected chi connectivity index (χ3v) is 7.86. The van der Waals surface area contributed by atoms with Crippen LogP contribution in [0.2, 0.25) is 0 Å². The number of ether oxygens (including phenoxy) is 3. The van der Waals surface area contributed by atoms with Crippen molar-refractivity contribution < 1.29 is 28.6 Å². The van der Waals surface area contributed by atoms with Crippen LogP contribution in [0.5, 0.6) is 11.5 Å². The zero-order chi connectivity index (χ0) is 28.3. The van der Waals surface area contributed by atoms with E-state index in [1.165, 1.54) is 4.90 Å². The summed E-state index contributed by atoms with van der Waals surface area (Å²) in [6, 6.07) is 22.3. The molecule has 2 fully saturated rings. The van der Waals surface area contributed by atoms with Gasteiger partial charge in [-0.25, -0.2) is 4.79 Å². The van der Waals surface area contributed by atoms with Crippen molar-refractivity contribution in [3.8, 4) is 11.5 Å². The topological polar surface area (TPSA) is 94.2 Å². The van der Waals surface area contributed by atoms with E-state index in [1.54, 1.807) is 26.4 Å². The van der Waals surface area contributed by atoms with E-state index < -0.39 is 17.5 Å². The maximum Gasteiger partial charge on any atom is 0.325 e. The van der Waals surface area contributed by atoms with Crippen LogP contribution in [-0.4, -0.2) is 42.6 Å². The summed E-state index contributed by atoms with van der Waals surface area (Å²) in [7, 11) is 3.18. The minimum atomic E-state index is -1.17. The molecule has 1 saturated heterocycles. The monoisotopic (exact) mass is 542 g/mol. The molecule has 0 unspecified atom stereocenters. The Kier molecular flexibility index (Phi) is 7.78. The lowest BCUT2D eigenvalue weighted by atomic mass is 9.85. The lowest BCUT2D eigenvalue weighted by Crippen LogP contribution is -2.50. The van der Waals surface area contributed by atoms with Gasteiger partial charge in [-0.15, -0.1) is 0 Å². The fourth-order valence-corrected chi connectivity index (χ4v) is 5.50. The van der Waals surface area contributed by atoms with Crippen molar-refractivity contribution in [2.24, 2.45) is 11.8 Å². The molecule has 8 nitrogen and oxygen atoms in total. The molecule has 1 heterocycles. The molecular weight excluding hydrogens is 508 g/mol. The van der Waals surface area contributed by atoms with E-state index in [9.17, 15) is 14.4 Å². The van der Waals surface area contributed by atoms with Gasteiger partial charge in [0.1, 0.15) is 23.6 Å². The van der Waals surface area contributed by atoms with Gasteiger partial charge in [-0.05, 0) is 67.1 Å². The van der Waals surface area contributed by atoms with Crippen LogP contribution in [0.15, 0.2) is 72.8 Å². The summed E-state index contributed by atoms with van der Waals surface area (Å²) in [6.07, 6.45) is 1.47. The average molecular weight is 543 g/mol. The third kappa shape index (κ3) is 5.66. The predicted octanol–water partition coefficient (Wildman–Crippen LogP) is 4.82. The number of imide groups is 1. The standard InChI is InChI=1S/C32H34N2O6/c1-21-5-4-6-22(17-21)15-16-32(28-18-27(28)29(35)40-20-24-9-13-26(39-3)14-10-24)30(36)34(31(37)33-32)19-23-7-11-25(38-2)12-8-23/h4-14,17,27-28H,15-16,18-20H2,1-3H3,(H,33,37)/t27-,28-,32+/m1/s1. The second kappa shape index (κ2) is 11.4. The smallest absolute Gasteiger partial charge is 0.325 e. The van der Waals surface area contributed by atoms with Crippen LogP contribution in [0.1, 0.15) is 35.1 Å². The maximum atomic E-state index is 14.0. The molecule has 208 valence electrons. The second-order valence-corrected chi connectivity index (χ2v) is 10.5. The quantitative estimate of drug-likeness (QED) is 0.276. The van der Waals surface area contributed by atoms with Gasteiger partial charge in [0.2, 0.25) is 0 Å². The Hall–Kier alpha value is -4.33. The highest BCUT2D eigenvalue weighted by atomic mass is 16.5. The number of hydrogen-bond donors (Lipinski definition) is 1. The molecule has 0 spiro atoms. The van der Waals surface area contributed by atoms with Crippen LogP contribution in [-0.2, 0) is 33.9 Å². The van der Waals surface area contributed by atoms with E-state index in [0.29, 0.717) is 25.0 Å². The predicted molar refractivity (Wildman–Crippen MR) is 149 cm³/mol. The first kappa shape index (κ1) is 27.2. The zero-order valence-electron chi connectivity index (χ0n) is 23.0. The fraction of sp³-hybridized carbons (Fsp3) is 0.344. The van der Waals surface area contributed by atoms with E-state index >= 15 is 0 Å². The second-order valence-electron chi connectivity index (χ2n) is 10.5. The lowest BCUT2D eigenvalue weighted by molar-refractivity contribution is -0.147. The molecule has 5 rings (SSSR count). The minimum absolute atomic E-state index is 0.131. The lowest BCUT2D eigenvalue weighted by Gasteiger charge is -2.27. The van der Waals surface area contributed by atoms with E-state index in [0.717, 1.165) is 28.0 Å².